The number of benzene rings is 2. The van der Waals surface area contributed by atoms with E-state index in [-0.39, 0.29) is 23.8 Å². The molecule has 1 amide bonds. The molecular weight excluding hydrogens is 450 g/mol. The third-order valence-corrected chi connectivity index (χ3v) is 8.50. The standard InChI is InChI=1S/C31H45NO4/c1-9-30(10-2,26-15-16-27(22(6)18-26)29(35)32(8)20-28(33)34)25-14-13-24(21(5)17-25)19-23(7)31(36,11-3)12-4/h13-18,23,36H,9-12,19-20H2,1-8H3,(H,33,34). The van der Waals surface area contributed by atoms with Crippen molar-refractivity contribution in [3.8, 4) is 0 Å². The first-order chi connectivity index (χ1) is 16.9. The van der Waals surface area contributed by atoms with Gasteiger partial charge in [0, 0.05) is 18.0 Å². The molecule has 0 spiro atoms. The molecule has 2 aromatic carbocycles. The Morgan fingerprint density at radius 3 is 1.86 bits per heavy atom. The zero-order chi connectivity index (χ0) is 27.3. The molecule has 0 heterocycles. The van der Waals surface area contributed by atoms with Crippen molar-refractivity contribution in [3.63, 3.8) is 0 Å². The maximum Gasteiger partial charge on any atom is 0.323 e. The van der Waals surface area contributed by atoms with Crippen LogP contribution in [0.2, 0.25) is 0 Å². The van der Waals surface area contributed by atoms with E-state index in [2.05, 4.69) is 65.8 Å². The van der Waals surface area contributed by atoms with Gasteiger partial charge in [-0.05, 0) is 85.8 Å². The van der Waals surface area contributed by atoms with Gasteiger partial charge in [0.15, 0.2) is 0 Å². The number of hydrogen-bond acceptors (Lipinski definition) is 3. The van der Waals surface area contributed by atoms with E-state index in [1.165, 1.54) is 28.6 Å². The molecule has 2 N–H and O–H groups in total. The first-order valence-corrected chi connectivity index (χ1v) is 13.3. The minimum absolute atomic E-state index is 0.172. The molecule has 2 rings (SSSR count). The van der Waals surface area contributed by atoms with Crippen molar-refractivity contribution in [1.29, 1.82) is 0 Å². The lowest BCUT2D eigenvalue weighted by atomic mass is 9.69. The highest BCUT2D eigenvalue weighted by Gasteiger charge is 2.33. The van der Waals surface area contributed by atoms with Crippen LogP contribution < -0.4 is 0 Å². The van der Waals surface area contributed by atoms with E-state index in [1.807, 2.05) is 19.1 Å². The molecule has 0 radical (unpaired) electrons. The lowest BCUT2D eigenvalue weighted by molar-refractivity contribution is -0.137. The Hall–Kier alpha value is -2.66. The van der Waals surface area contributed by atoms with Crippen LogP contribution in [0.3, 0.4) is 0 Å². The highest BCUT2D eigenvalue weighted by molar-refractivity contribution is 5.97. The van der Waals surface area contributed by atoms with Crippen molar-refractivity contribution in [1.82, 2.24) is 4.90 Å². The van der Waals surface area contributed by atoms with E-state index < -0.39 is 11.6 Å². The van der Waals surface area contributed by atoms with E-state index in [4.69, 9.17) is 5.11 Å². The number of carboxylic acids is 1. The summed E-state index contributed by atoms with van der Waals surface area (Å²) in [6, 6.07) is 12.7. The predicted octanol–water partition coefficient (Wildman–Crippen LogP) is 6.30. The molecule has 0 aromatic heterocycles. The molecule has 0 saturated heterocycles. The molecule has 5 nitrogen and oxygen atoms in total. The number of amides is 1. The maximum atomic E-state index is 12.8. The predicted molar refractivity (Wildman–Crippen MR) is 147 cm³/mol. The minimum atomic E-state index is -1.03. The molecule has 0 aliphatic carbocycles. The molecule has 1 unspecified atom stereocenters. The second-order valence-corrected chi connectivity index (χ2v) is 10.4. The fourth-order valence-corrected chi connectivity index (χ4v) is 5.60. The number of carbonyl (C=O) groups excluding carboxylic acids is 1. The number of rotatable bonds is 12. The van der Waals surface area contributed by atoms with E-state index in [1.54, 1.807) is 0 Å². The van der Waals surface area contributed by atoms with E-state index in [0.29, 0.717) is 5.56 Å². The number of aryl methyl sites for hydroxylation is 2. The van der Waals surface area contributed by atoms with Crippen molar-refractivity contribution in [2.45, 2.75) is 91.6 Å². The number of hydrogen-bond donors (Lipinski definition) is 2. The molecule has 5 heteroatoms. The van der Waals surface area contributed by atoms with Gasteiger partial charge in [-0.2, -0.15) is 0 Å². The smallest absolute Gasteiger partial charge is 0.323 e. The summed E-state index contributed by atoms with van der Waals surface area (Å²) in [6.45, 7) is 14.4. The monoisotopic (exact) mass is 495 g/mol. The molecule has 2 aromatic rings. The largest absolute Gasteiger partial charge is 0.480 e. The maximum absolute atomic E-state index is 12.8. The summed E-state index contributed by atoms with van der Waals surface area (Å²) in [5.74, 6) is -1.14. The van der Waals surface area contributed by atoms with Crippen LogP contribution >= 0.6 is 0 Å². The number of nitrogens with zero attached hydrogens (tertiary/aromatic N) is 1. The second kappa shape index (κ2) is 12.1. The molecule has 0 aliphatic rings. The first-order valence-electron chi connectivity index (χ1n) is 13.3. The Morgan fingerprint density at radius 2 is 1.42 bits per heavy atom. The zero-order valence-electron chi connectivity index (χ0n) is 23.4. The number of carbonyl (C=O) groups is 2. The third-order valence-electron chi connectivity index (χ3n) is 8.50. The summed E-state index contributed by atoms with van der Waals surface area (Å²) in [5.41, 5.74) is 5.47. The summed E-state index contributed by atoms with van der Waals surface area (Å²) in [6.07, 6.45) is 4.17. The van der Waals surface area contributed by atoms with Crippen molar-refractivity contribution < 1.29 is 19.8 Å². The van der Waals surface area contributed by atoms with Crippen LogP contribution in [0.25, 0.3) is 0 Å². The van der Waals surface area contributed by atoms with Gasteiger partial charge in [-0.3, -0.25) is 9.59 Å². The average Bonchev–Trinajstić information content (AvgIpc) is 2.85. The lowest BCUT2D eigenvalue weighted by Crippen LogP contribution is -2.36. The SMILES string of the molecule is CCC(CC)(c1ccc(CC(C)C(O)(CC)CC)c(C)c1)c1ccc(C(=O)N(C)CC(=O)O)c(C)c1. The minimum Gasteiger partial charge on any atom is -0.480 e. The van der Waals surface area contributed by atoms with Crippen LogP contribution in [0.5, 0.6) is 0 Å². The Labute approximate surface area is 217 Å². The molecular formula is C31H45NO4. The van der Waals surface area contributed by atoms with Gasteiger partial charge in [-0.25, -0.2) is 0 Å². The number of carboxylic acid groups (broad SMARTS) is 1. The van der Waals surface area contributed by atoms with Crippen LogP contribution in [0.15, 0.2) is 36.4 Å². The molecule has 198 valence electrons. The lowest BCUT2D eigenvalue weighted by Gasteiger charge is -2.35. The van der Waals surface area contributed by atoms with Crippen molar-refractivity contribution in [2.24, 2.45) is 5.92 Å². The molecule has 0 bridgehead atoms. The fraction of sp³-hybridized carbons (Fsp3) is 0.548. The van der Waals surface area contributed by atoms with Crippen molar-refractivity contribution in [3.05, 3.63) is 69.8 Å². The fourth-order valence-electron chi connectivity index (χ4n) is 5.60. The molecule has 1 atom stereocenters. The van der Waals surface area contributed by atoms with Gasteiger partial charge < -0.3 is 15.1 Å². The van der Waals surface area contributed by atoms with Crippen LogP contribution in [0.4, 0.5) is 0 Å². The number of aliphatic carboxylic acids is 1. The summed E-state index contributed by atoms with van der Waals surface area (Å²) in [4.78, 5) is 25.1. The van der Waals surface area contributed by atoms with Crippen molar-refractivity contribution in [2.75, 3.05) is 13.6 Å². The Balaban J connectivity index is 2.44. The zero-order valence-corrected chi connectivity index (χ0v) is 23.4. The normalized spacial score (nSPS) is 12.9. The van der Waals surface area contributed by atoms with Gasteiger partial charge in [0.1, 0.15) is 6.54 Å². The molecule has 0 saturated carbocycles. The Bertz CT molecular complexity index is 1070. The van der Waals surface area contributed by atoms with E-state index in [0.717, 1.165) is 43.2 Å². The van der Waals surface area contributed by atoms with E-state index >= 15 is 0 Å². The average molecular weight is 496 g/mol. The first kappa shape index (κ1) is 29.6. The number of likely N-dealkylation sites (N-methyl/N-ethyl adjacent to an activating group) is 1. The quantitative estimate of drug-likeness (QED) is 0.362. The van der Waals surface area contributed by atoms with Gasteiger partial charge in [-0.1, -0.05) is 65.0 Å². The van der Waals surface area contributed by atoms with Gasteiger partial charge >= 0.3 is 5.97 Å². The molecule has 0 aliphatic heterocycles. The van der Waals surface area contributed by atoms with Gasteiger partial charge in [0.25, 0.3) is 5.91 Å². The summed E-state index contributed by atoms with van der Waals surface area (Å²) in [7, 11) is 1.51. The second-order valence-electron chi connectivity index (χ2n) is 10.4. The molecule has 36 heavy (non-hydrogen) atoms. The summed E-state index contributed by atoms with van der Waals surface area (Å²) < 4.78 is 0. The van der Waals surface area contributed by atoms with Crippen molar-refractivity contribution >= 4 is 11.9 Å². The van der Waals surface area contributed by atoms with Crippen LogP contribution in [0, 0.1) is 19.8 Å². The van der Waals surface area contributed by atoms with E-state index in [9.17, 15) is 14.7 Å². The van der Waals surface area contributed by atoms with Crippen LogP contribution in [0.1, 0.15) is 98.5 Å². The Kier molecular flexibility index (Phi) is 9.90. The molecule has 0 fully saturated rings. The summed E-state index contributed by atoms with van der Waals surface area (Å²) >= 11 is 0. The highest BCUT2D eigenvalue weighted by atomic mass is 16.4. The third kappa shape index (κ3) is 6.00. The van der Waals surface area contributed by atoms with Gasteiger partial charge in [0.05, 0.1) is 5.60 Å². The van der Waals surface area contributed by atoms with Gasteiger partial charge in [0.2, 0.25) is 0 Å². The Morgan fingerprint density at radius 1 is 0.889 bits per heavy atom. The van der Waals surface area contributed by atoms with Gasteiger partial charge in [-0.15, -0.1) is 0 Å². The summed E-state index contributed by atoms with van der Waals surface area (Å²) in [5, 5.41) is 20.0. The number of aliphatic hydroxyl groups is 1. The highest BCUT2D eigenvalue weighted by Crippen LogP contribution is 2.40. The van der Waals surface area contributed by atoms with Crippen LogP contribution in [-0.2, 0) is 16.6 Å². The topological polar surface area (TPSA) is 77.8 Å². The van der Waals surface area contributed by atoms with Crippen LogP contribution in [-0.4, -0.2) is 46.2 Å².